The van der Waals surface area contributed by atoms with Crippen LogP contribution in [0.2, 0.25) is 0 Å². The fraction of sp³-hybridized carbons (Fsp3) is 1.00. The van der Waals surface area contributed by atoms with E-state index in [2.05, 4.69) is 9.96 Å². The minimum Gasteiger partial charge on any atom is -0.396 e. The number of unbranched alkanes of at least 4 members (excludes halogenated alkanes) is 3. The fourth-order valence-corrected chi connectivity index (χ4v) is 3.01. The molecule has 0 unspecified atom stereocenters. The topological polar surface area (TPSA) is 83.9 Å². The van der Waals surface area contributed by atoms with Gasteiger partial charge in [0.25, 0.3) is 0 Å². The van der Waals surface area contributed by atoms with E-state index in [4.69, 9.17) is 29.3 Å². The van der Waals surface area contributed by atoms with Gasteiger partial charge in [0.05, 0.1) is 39.6 Å². The number of nitrogens with zero attached hydrogens (tertiary/aromatic N) is 2. The zero-order chi connectivity index (χ0) is 20.1. The summed E-state index contributed by atoms with van der Waals surface area (Å²) < 4.78 is 16.4. The first-order valence-corrected chi connectivity index (χ1v) is 10.9. The van der Waals surface area contributed by atoms with Crippen molar-refractivity contribution in [1.29, 1.82) is 0 Å². The van der Waals surface area contributed by atoms with Gasteiger partial charge < -0.3 is 24.4 Å². The Labute approximate surface area is 170 Å². The standard InChI is InChI=1S/C20H42N2O6/c23-12-3-1-2-4-14-25-15-6-16-28-22-8-5-7-21(9-10-22)11-17-26-19-20-27-18-13-24/h23-24H,1-20H2. The van der Waals surface area contributed by atoms with Gasteiger partial charge in [-0.25, -0.2) is 0 Å². The van der Waals surface area contributed by atoms with Crippen LogP contribution in [0.5, 0.6) is 0 Å². The molecule has 8 nitrogen and oxygen atoms in total. The Balaban J connectivity index is 1.90. The Hall–Kier alpha value is -0.320. The summed E-state index contributed by atoms with van der Waals surface area (Å²) >= 11 is 0. The molecule has 0 aromatic heterocycles. The molecule has 8 heteroatoms. The summed E-state index contributed by atoms with van der Waals surface area (Å²) in [4.78, 5) is 8.30. The number of aliphatic hydroxyl groups is 2. The Bertz CT molecular complexity index is 325. The molecule has 0 radical (unpaired) electrons. The van der Waals surface area contributed by atoms with Gasteiger partial charge in [-0.05, 0) is 32.2 Å². The minimum absolute atomic E-state index is 0.0610. The average Bonchev–Trinajstić information content (AvgIpc) is 2.94. The van der Waals surface area contributed by atoms with Crippen LogP contribution in [0, 0.1) is 0 Å². The molecule has 168 valence electrons. The van der Waals surface area contributed by atoms with Gasteiger partial charge in [-0.2, -0.15) is 5.06 Å². The van der Waals surface area contributed by atoms with Crippen LogP contribution in [0.1, 0.15) is 38.5 Å². The van der Waals surface area contributed by atoms with Crippen molar-refractivity contribution in [2.75, 3.05) is 92.2 Å². The summed E-state index contributed by atoms with van der Waals surface area (Å²) in [6.07, 6.45) is 6.20. The number of ether oxygens (including phenoxy) is 3. The first-order chi connectivity index (χ1) is 13.9. The van der Waals surface area contributed by atoms with Gasteiger partial charge in [0.15, 0.2) is 0 Å². The third kappa shape index (κ3) is 15.6. The van der Waals surface area contributed by atoms with Gasteiger partial charge in [-0.3, -0.25) is 9.74 Å². The van der Waals surface area contributed by atoms with E-state index in [0.717, 1.165) is 84.5 Å². The molecule has 1 rings (SSSR count). The quantitative estimate of drug-likeness (QED) is 0.306. The molecule has 0 aliphatic carbocycles. The lowest BCUT2D eigenvalue weighted by molar-refractivity contribution is -0.159. The monoisotopic (exact) mass is 406 g/mol. The molecular weight excluding hydrogens is 364 g/mol. The van der Waals surface area contributed by atoms with Gasteiger partial charge in [0, 0.05) is 46.0 Å². The lowest BCUT2D eigenvalue weighted by atomic mass is 10.2. The Morgan fingerprint density at radius 1 is 0.571 bits per heavy atom. The molecule has 0 aromatic rings. The predicted molar refractivity (Wildman–Crippen MR) is 108 cm³/mol. The Morgan fingerprint density at radius 3 is 2.14 bits per heavy atom. The van der Waals surface area contributed by atoms with E-state index >= 15 is 0 Å². The fourth-order valence-electron chi connectivity index (χ4n) is 3.01. The summed E-state index contributed by atoms with van der Waals surface area (Å²) in [6.45, 7) is 9.71. The summed E-state index contributed by atoms with van der Waals surface area (Å²) in [6, 6.07) is 0. The maximum atomic E-state index is 8.72. The molecule has 1 fully saturated rings. The first-order valence-electron chi connectivity index (χ1n) is 10.9. The molecule has 1 heterocycles. The highest BCUT2D eigenvalue weighted by Gasteiger charge is 2.14. The molecule has 1 aliphatic rings. The van der Waals surface area contributed by atoms with Crippen molar-refractivity contribution in [3.05, 3.63) is 0 Å². The van der Waals surface area contributed by atoms with Crippen molar-refractivity contribution in [3.8, 4) is 0 Å². The second-order valence-corrected chi connectivity index (χ2v) is 7.01. The summed E-state index contributed by atoms with van der Waals surface area (Å²) in [7, 11) is 0. The van der Waals surface area contributed by atoms with Gasteiger partial charge >= 0.3 is 0 Å². The van der Waals surface area contributed by atoms with Crippen molar-refractivity contribution in [1.82, 2.24) is 9.96 Å². The van der Waals surface area contributed by atoms with Crippen LogP contribution in [0.3, 0.4) is 0 Å². The van der Waals surface area contributed by atoms with Crippen LogP contribution in [0.15, 0.2) is 0 Å². The highest BCUT2D eigenvalue weighted by molar-refractivity contribution is 4.65. The molecule has 2 N–H and O–H groups in total. The van der Waals surface area contributed by atoms with E-state index in [-0.39, 0.29) is 6.61 Å². The van der Waals surface area contributed by atoms with E-state index in [1.165, 1.54) is 0 Å². The van der Waals surface area contributed by atoms with Crippen molar-refractivity contribution in [2.45, 2.75) is 38.5 Å². The number of hydrogen-bond acceptors (Lipinski definition) is 8. The predicted octanol–water partition coefficient (Wildman–Crippen LogP) is 0.911. The van der Waals surface area contributed by atoms with Crippen molar-refractivity contribution in [2.24, 2.45) is 0 Å². The smallest absolute Gasteiger partial charge is 0.0707 e. The molecule has 1 aliphatic heterocycles. The molecular formula is C20H42N2O6. The normalized spacial score (nSPS) is 16.5. The van der Waals surface area contributed by atoms with Crippen LogP contribution in [-0.2, 0) is 19.0 Å². The van der Waals surface area contributed by atoms with Crippen LogP contribution < -0.4 is 0 Å². The molecule has 0 bridgehead atoms. The van der Waals surface area contributed by atoms with Crippen LogP contribution in [0.4, 0.5) is 0 Å². The van der Waals surface area contributed by atoms with Crippen LogP contribution in [-0.4, -0.2) is 112 Å². The average molecular weight is 407 g/mol. The van der Waals surface area contributed by atoms with E-state index < -0.39 is 0 Å². The van der Waals surface area contributed by atoms with Gasteiger partial charge in [-0.1, -0.05) is 12.8 Å². The maximum Gasteiger partial charge on any atom is 0.0707 e. The summed E-state index contributed by atoms with van der Waals surface area (Å²) in [5.41, 5.74) is 0. The lowest BCUT2D eigenvalue weighted by Gasteiger charge is -2.21. The molecule has 0 saturated carbocycles. The summed E-state index contributed by atoms with van der Waals surface area (Å²) in [5, 5.41) is 19.4. The summed E-state index contributed by atoms with van der Waals surface area (Å²) in [5.74, 6) is 0. The van der Waals surface area contributed by atoms with Crippen LogP contribution >= 0.6 is 0 Å². The van der Waals surface area contributed by atoms with Crippen LogP contribution in [0.25, 0.3) is 0 Å². The van der Waals surface area contributed by atoms with E-state index in [1.807, 2.05) is 0 Å². The lowest BCUT2D eigenvalue weighted by Crippen LogP contribution is -2.33. The zero-order valence-corrected chi connectivity index (χ0v) is 17.6. The molecule has 0 spiro atoms. The molecule has 1 saturated heterocycles. The maximum absolute atomic E-state index is 8.72. The number of hydrogen-bond donors (Lipinski definition) is 2. The highest BCUT2D eigenvalue weighted by atomic mass is 16.7. The zero-order valence-electron chi connectivity index (χ0n) is 17.6. The van der Waals surface area contributed by atoms with E-state index in [1.54, 1.807) is 0 Å². The minimum atomic E-state index is 0.0610. The van der Waals surface area contributed by atoms with E-state index in [0.29, 0.717) is 39.6 Å². The third-order valence-electron chi connectivity index (χ3n) is 4.61. The van der Waals surface area contributed by atoms with Crippen molar-refractivity contribution >= 4 is 0 Å². The number of rotatable bonds is 19. The van der Waals surface area contributed by atoms with Gasteiger partial charge in [-0.15, -0.1) is 0 Å². The Kier molecular flexibility index (Phi) is 18.3. The largest absolute Gasteiger partial charge is 0.396 e. The molecule has 0 aromatic carbocycles. The molecule has 28 heavy (non-hydrogen) atoms. The molecule has 0 amide bonds. The van der Waals surface area contributed by atoms with Gasteiger partial charge in [0.2, 0.25) is 0 Å². The first kappa shape index (κ1) is 25.7. The third-order valence-corrected chi connectivity index (χ3v) is 4.61. The second kappa shape index (κ2) is 20.0. The van der Waals surface area contributed by atoms with Crippen molar-refractivity contribution in [3.63, 3.8) is 0 Å². The second-order valence-electron chi connectivity index (χ2n) is 7.01. The van der Waals surface area contributed by atoms with Gasteiger partial charge in [0.1, 0.15) is 0 Å². The number of hydroxylamine groups is 2. The number of aliphatic hydroxyl groups excluding tert-OH is 2. The van der Waals surface area contributed by atoms with E-state index in [9.17, 15) is 0 Å². The molecule has 0 atom stereocenters. The Morgan fingerprint density at radius 2 is 1.32 bits per heavy atom. The highest BCUT2D eigenvalue weighted by Crippen LogP contribution is 2.04. The SMILES string of the molecule is OCCCCCCOCCCON1CCCN(CCOCCOCCO)CC1. The van der Waals surface area contributed by atoms with Crippen molar-refractivity contribution < 1.29 is 29.3 Å².